The largest absolute Gasteiger partial charge is 2.00 e. The summed E-state index contributed by atoms with van der Waals surface area (Å²) in [5.41, 5.74) is 0. The van der Waals surface area contributed by atoms with Crippen LogP contribution >= 0.6 is 0 Å². The van der Waals surface area contributed by atoms with E-state index in [9.17, 15) is 0 Å². The van der Waals surface area contributed by atoms with Crippen molar-refractivity contribution in [2.75, 3.05) is 0 Å². The molecule has 0 N–H and O–H groups in total. The molecule has 0 bridgehead atoms. The molecule has 0 heterocycles. The molecule has 120 valence electrons. The Balaban J connectivity index is 0. The Morgan fingerprint density at radius 2 is 0.957 bits per heavy atom. The first kappa shape index (κ1) is 24.2. The normalized spacial score (nSPS) is 8.26. The van der Waals surface area contributed by atoms with E-state index in [0.717, 1.165) is 0 Å². The van der Waals surface area contributed by atoms with Crippen LogP contribution in [0, 0.1) is 6.92 Å². The summed E-state index contributed by atoms with van der Waals surface area (Å²) in [4.78, 5) is 0. The molecule has 0 saturated carbocycles. The molecule has 0 radical (unpaired) electrons. The molecule has 0 atom stereocenters. The maximum atomic E-state index is 3.25. The number of hydrogen-bond acceptors (Lipinski definition) is 0. The van der Waals surface area contributed by atoms with Crippen LogP contribution in [0.2, 0.25) is 0 Å². The number of fused-ring (bicyclic) bond motifs is 2. The first-order valence-electron chi connectivity index (χ1n) is 6.85. The van der Waals surface area contributed by atoms with Gasteiger partial charge in [0.15, 0.2) is 0 Å². The van der Waals surface area contributed by atoms with Crippen LogP contribution in [-0.4, -0.2) is 0 Å². The second-order valence-corrected chi connectivity index (χ2v) is 4.31. The van der Waals surface area contributed by atoms with Gasteiger partial charge in [-0.1, -0.05) is 12.1 Å². The average Bonchev–Trinajstić information content (AvgIpc) is 3.18. The summed E-state index contributed by atoms with van der Waals surface area (Å²) in [5, 5.41) is 5.32. The Hall–Kier alpha value is -1.05. The summed E-state index contributed by atoms with van der Waals surface area (Å²) in [5.74, 6) is 0. The molecule has 0 spiro atoms. The minimum absolute atomic E-state index is 0. The zero-order valence-corrected chi connectivity index (χ0v) is 16.1. The second-order valence-electron chi connectivity index (χ2n) is 4.31. The van der Waals surface area contributed by atoms with Crippen LogP contribution in [0.25, 0.3) is 21.5 Å². The van der Waals surface area contributed by atoms with Crippen LogP contribution in [0.1, 0.15) is 6.92 Å². The molecular weight excluding hydrogens is 359 g/mol. The molecule has 0 nitrogen and oxygen atoms in total. The van der Waals surface area contributed by atoms with Gasteiger partial charge in [0.25, 0.3) is 0 Å². The zero-order chi connectivity index (χ0) is 14.2. The van der Waals surface area contributed by atoms with Gasteiger partial charge in [-0.05, 0) is 0 Å². The Labute approximate surface area is 166 Å². The quantitative estimate of drug-likeness (QED) is 0.298. The number of halogens is 2. The molecule has 23 heavy (non-hydrogen) atoms. The Bertz CT molecular complexity index is 630. The fraction of sp³-hybridized carbons (Fsp3) is 0.0500. The van der Waals surface area contributed by atoms with Crippen molar-refractivity contribution in [1.82, 2.24) is 0 Å². The van der Waals surface area contributed by atoms with Crippen molar-refractivity contribution in [3.63, 3.8) is 0 Å². The first-order chi connectivity index (χ1) is 9.93. The second kappa shape index (κ2) is 13.4. The topological polar surface area (TPSA) is 0 Å². The van der Waals surface area contributed by atoms with Crippen molar-refractivity contribution in [3.05, 3.63) is 91.9 Å². The summed E-state index contributed by atoms with van der Waals surface area (Å²) in [6.45, 7) is 5.00. The smallest absolute Gasteiger partial charge is 1.00 e. The minimum atomic E-state index is 0. The molecule has 0 amide bonds. The van der Waals surface area contributed by atoms with Gasteiger partial charge in [-0.25, -0.2) is 0 Å². The maximum absolute atomic E-state index is 3.25. The van der Waals surface area contributed by atoms with Crippen LogP contribution in [0.3, 0.4) is 0 Å². The number of hydrogen-bond donors (Lipinski definition) is 0. The van der Waals surface area contributed by atoms with Crippen molar-refractivity contribution in [3.8, 4) is 0 Å². The van der Waals surface area contributed by atoms with E-state index in [1.807, 2.05) is 0 Å². The van der Waals surface area contributed by atoms with E-state index < -0.39 is 0 Å². The fourth-order valence-corrected chi connectivity index (χ4v) is 2.14. The predicted octanol–water partition coefficient (Wildman–Crippen LogP) is -0.0367. The summed E-state index contributed by atoms with van der Waals surface area (Å²) in [6.07, 6.45) is 0. The van der Waals surface area contributed by atoms with E-state index in [0.29, 0.717) is 0 Å². The van der Waals surface area contributed by atoms with Crippen molar-refractivity contribution >= 4 is 21.5 Å². The van der Waals surface area contributed by atoms with E-state index in [-0.39, 0.29) is 46.5 Å². The number of rotatable bonds is 0. The fourth-order valence-electron chi connectivity index (χ4n) is 2.14. The number of benzene rings is 2. The summed E-state index contributed by atoms with van der Waals surface area (Å²) in [6, 6.07) is 29.3. The third kappa shape index (κ3) is 6.93. The third-order valence-corrected chi connectivity index (χ3v) is 3.10. The third-order valence-electron chi connectivity index (χ3n) is 3.10. The van der Waals surface area contributed by atoms with E-state index in [1.54, 1.807) is 6.92 Å². The van der Waals surface area contributed by atoms with E-state index in [2.05, 4.69) is 91.9 Å². The van der Waals surface area contributed by atoms with Gasteiger partial charge in [-0.2, -0.15) is 42.0 Å². The summed E-state index contributed by atoms with van der Waals surface area (Å²) >= 11 is 0. The van der Waals surface area contributed by atoms with Gasteiger partial charge < -0.3 is 31.7 Å². The molecule has 0 unspecified atom stereocenters. The van der Waals surface area contributed by atoms with Gasteiger partial charge in [0.1, 0.15) is 0 Å². The van der Waals surface area contributed by atoms with Crippen LogP contribution in [0.5, 0.6) is 0 Å². The van der Waals surface area contributed by atoms with Crippen molar-refractivity contribution < 1.29 is 46.5 Å². The standard InChI is InChI=1S/2C9H7.C2H5.2ClH.Ti/c2*1-2-5-9-7-3-6-8(9)4-1;1-2;;;/h2*1-7H;1H2,2H3;2*1H;/q3*-1;;;+2/p-2. The Kier molecular flexibility index (Phi) is 14.1. The van der Waals surface area contributed by atoms with Gasteiger partial charge in [0.2, 0.25) is 0 Å². The first-order valence-corrected chi connectivity index (χ1v) is 6.85. The molecular formula is C20H19Cl2Ti-3. The monoisotopic (exact) mass is 377 g/mol. The summed E-state index contributed by atoms with van der Waals surface area (Å²) < 4.78 is 0. The Morgan fingerprint density at radius 1 is 0.609 bits per heavy atom. The van der Waals surface area contributed by atoms with Crippen molar-refractivity contribution in [2.24, 2.45) is 0 Å². The molecule has 0 fully saturated rings. The Morgan fingerprint density at radius 3 is 1.30 bits per heavy atom. The molecule has 3 heteroatoms. The van der Waals surface area contributed by atoms with Crippen LogP contribution in [-0.2, 0) is 21.7 Å². The van der Waals surface area contributed by atoms with Crippen LogP contribution < -0.4 is 24.8 Å². The van der Waals surface area contributed by atoms with Crippen molar-refractivity contribution in [2.45, 2.75) is 6.92 Å². The predicted molar refractivity (Wildman–Crippen MR) is 90.1 cm³/mol. The SMILES string of the molecule is [CH2-]C.[Cl-].[Cl-].[Ti+2].c1ccc2[cH-]ccc2c1.c1ccc2[cH-]ccc2c1. The molecule has 4 aromatic carbocycles. The van der Waals surface area contributed by atoms with Crippen LogP contribution in [0.15, 0.2) is 84.9 Å². The van der Waals surface area contributed by atoms with E-state index in [4.69, 9.17) is 0 Å². The van der Waals surface area contributed by atoms with Crippen LogP contribution in [0.4, 0.5) is 0 Å². The molecule has 4 rings (SSSR count). The molecule has 0 aliphatic rings. The maximum Gasteiger partial charge on any atom is 2.00 e. The van der Waals surface area contributed by atoms with Gasteiger partial charge in [-0.3, -0.25) is 0 Å². The molecule has 4 aromatic rings. The molecule has 0 aromatic heterocycles. The van der Waals surface area contributed by atoms with Crippen molar-refractivity contribution in [1.29, 1.82) is 0 Å². The molecule has 0 aliphatic heterocycles. The average molecular weight is 378 g/mol. The molecule has 0 saturated heterocycles. The molecule has 0 aliphatic carbocycles. The zero-order valence-electron chi connectivity index (χ0n) is 13.0. The van der Waals surface area contributed by atoms with E-state index in [1.165, 1.54) is 21.5 Å². The van der Waals surface area contributed by atoms with E-state index >= 15 is 0 Å². The van der Waals surface area contributed by atoms with Gasteiger partial charge in [0.05, 0.1) is 0 Å². The summed E-state index contributed by atoms with van der Waals surface area (Å²) in [7, 11) is 0. The minimum Gasteiger partial charge on any atom is -1.00 e. The van der Waals surface area contributed by atoms with Gasteiger partial charge in [0, 0.05) is 0 Å². The van der Waals surface area contributed by atoms with Gasteiger partial charge >= 0.3 is 21.7 Å². The van der Waals surface area contributed by atoms with Gasteiger partial charge in [-0.15, -0.1) is 59.3 Å².